The first-order valence-corrected chi connectivity index (χ1v) is 12.6. The molecule has 1 aromatic carbocycles. The highest BCUT2D eigenvalue weighted by Gasteiger charge is 2.38. The topological polar surface area (TPSA) is 97.4 Å². The summed E-state index contributed by atoms with van der Waals surface area (Å²) < 4.78 is 43.0. The second-order valence-corrected chi connectivity index (χ2v) is 11.4. The first-order valence-electron chi connectivity index (χ1n) is 10.8. The Morgan fingerprint density at radius 1 is 1.27 bits per heavy atom. The van der Waals surface area contributed by atoms with Crippen molar-refractivity contribution in [3.8, 4) is 0 Å². The summed E-state index contributed by atoms with van der Waals surface area (Å²) in [5.41, 5.74) is 2.44. The van der Waals surface area contributed by atoms with Crippen molar-refractivity contribution in [3.63, 3.8) is 0 Å². The minimum atomic E-state index is -2.90. The molecular weight excluding hydrogens is 445 g/mol. The SMILES string of the molecule is CC1(C)O/C(=C2/C(=O)Nc3cc(F)ccc32)C=C1c1ccc(NCC2CCS(=O)(=O)C2)nc1. The van der Waals surface area contributed by atoms with Crippen molar-refractivity contribution < 1.29 is 22.3 Å². The van der Waals surface area contributed by atoms with Crippen LogP contribution in [0, 0.1) is 11.7 Å². The quantitative estimate of drug-likeness (QED) is 0.664. The summed E-state index contributed by atoms with van der Waals surface area (Å²) >= 11 is 0. The molecule has 1 amide bonds. The Labute approximate surface area is 191 Å². The number of benzene rings is 1. The van der Waals surface area contributed by atoms with Crippen LogP contribution in [-0.2, 0) is 19.4 Å². The second-order valence-electron chi connectivity index (χ2n) is 9.14. The number of halogens is 1. The fourth-order valence-electron chi connectivity index (χ4n) is 4.55. The molecule has 1 unspecified atom stereocenters. The van der Waals surface area contributed by atoms with Gasteiger partial charge in [-0.05, 0) is 62.6 Å². The second kappa shape index (κ2) is 7.69. The van der Waals surface area contributed by atoms with Crippen LogP contribution in [0.15, 0.2) is 48.4 Å². The molecule has 2 N–H and O–H groups in total. The number of amides is 1. The number of sulfone groups is 1. The number of fused-ring (bicyclic) bond motifs is 1. The van der Waals surface area contributed by atoms with Gasteiger partial charge in [-0.15, -0.1) is 0 Å². The Morgan fingerprint density at radius 2 is 2.09 bits per heavy atom. The van der Waals surface area contributed by atoms with Crippen LogP contribution in [0.3, 0.4) is 0 Å². The normalized spacial score (nSPS) is 24.8. The zero-order valence-electron chi connectivity index (χ0n) is 18.3. The molecule has 1 saturated heterocycles. The van der Waals surface area contributed by atoms with Crippen molar-refractivity contribution in [3.05, 3.63) is 65.3 Å². The minimum absolute atomic E-state index is 0.101. The van der Waals surface area contributed by atoms with E-state index in [1.807, 2.05) is 32.1 Å². The summed E-state index contributed by atoms with van der Waals surface area (Å²) in [5.74, 6) is 0.933. The van der Waals surface area contributed by atoms with E-state index < -0.39 is 21.3 Å². The molecule has 0 spiro atoms. The number of anilines is 2. The summed E-state index contributed by atoms with van der Waals surface area (Å²) in [5, 5.41) is 5.91. The van der Waals surface area contributed by atoms with Crippen LogP contribution >= 0.6 is 0 Å². The Morgan fingerprint density at radius 3 is 2.79 bits per heavy atom. The van der Waals surface area contributed by atoms with Crippen molar-refractivity contribution in [1.82, 2.24) is 4.98 Å². The molecule has 7 nitrogen and oxygen atoms in total. The van der Waals surface area contributed by atoms with E-state index in [0.29, 0.717) is 41.4 Å². The number of nitrogens with zero attached hydrogens (tertiary/aromatic N) is 1. The number of hydrogen-bond donors (Lipinski definition) is 2. The molecule has 3 aliphatic heterocycles. The molecule has 3 aliphatic rings. The van der Waals surface area contributed by atoms with Gasteiger partial charge < -0.3 is 15.4 Å². The van der Waals surface area contributed by atoms with Crippen LogP contribution in [0.1, 0.15) is 31.4 Å². The third-order valence-electron chi connectivity index (χ3n) is 6.23. The van der Waals surface area contributed by atoms with Crippen LogP contribution in [0.4, 0.5) is 15.9 Å². The van der Waals surface area contributed by atoms with Crippen LogP contribution in [0.25, 0.3) is 11.1 Å². The van der Waals surface area contributed by atoms with Gasteiger partial charge >= 0.3 is 0 Å². The highest BCUT2D eigenvalue weighted by Crippen LogP contribution is 2.44. The molecule has 9 heteroatoms. The van der Waals surface area contributed by atoms with E-state index in [1.54, 1.807) is 12.3 Å². The van der Waals surface area contributed by atoms with Crippen molar-refractivity contribution >= 4 is 38.4 Å². The van der Waals surface area contributed by atoms with Gasteiger partial charge in [0, 0.05) is 29.4 Å². The minimum Gasteiger partial charge on any atom is -0.482 e. The lowest BCUT2D eigenvalue weighted by molar-refractivity contribution is -0.111. The largest absolute Gasteiger partial charge is 0.482 e. The van der Waals surface area contributed by atoms with Gasteiger partial charge in [-0.3, -0.25) is 4.79 Å². The van der Waals surface area contributed by atoms with Crippen molar-refractivity contribution in [2.45, 2.75) is 25.9 Å². The lowest BCUT2D eigenvalue weighted by Crippen LogP contribution is -2.21. The Bertz CT molecular complexity index is 1310. The summed E-state index contributed by atoms with van der Waals surface area (Å²) in [6, 6.07) is 7.96. The average molecular weight is 470 g/mol. The Balaban J connectivity index is 1.38. The number of hydrogen-bond acceptors (Lipinski definition) is 6. The highest BCUT2D eigenvalue weighted by molar-refractivity contribution is 7.91. The number of aromatic nitrogens is 1. The van der Waals surface area contributed by atoms with Gasteiger partial charge in [-0.25, -0.2) is 17.8 Å². The predicted octanol–water partition coefficient (Wildman–Crippen LogP) is 3.62. The maximum absolute atomic E-state index is 13.6. The zero-order chi connectivity index (χ0) is 23.4. The molecule has 0 radical (unpaired) electrons. The van der Waals surface area contributed by atoms with Gasteiger partial charge in [-0.1, -0.05) is 0 Å². The van der Waals surface area contributed by atoms with E-state index in [9.17, 15) is 17.6 Å². The van der Waals surface area contributed by atoms with E-state index in [2.05, 4.69) is 15.6 Å². The number of carbonyl (C=O) groups is 1. The molecule has 4 heterocycles. The Kier molecular flexibility index (Phi) is 5.04. The maximum Gasteiger partial charge on any atom is 0.260 e. The van der Waals surface area contributed by atoms with Gasteiger partial charge in [0.1, 0.15) is 23.0 Å². The summed E-state index contributed by atoms with van der Waals surface area (Å²) in [7, 11) is -2.90. The fraction of sp³-hybridized carbons (Fsp3) is 0.333. The monoisotopic (exact) mass is 469 g/mol. The molecule has 2 aromatic rings. The molecule has 1 atom stereocenters. The maximum atomic E-state index is 13.6. The van der Waals surface area contributed by atoms with Crippen LogP contribution < -0.4 is 10.6 Å². The van der Waals surface area contributed by atoms with Crippen LogP contribution in [-0.4, -0.2) is 43.0 Å². The lowest BCUT2D eigenvalue weighted by Gasteiger charge is -2.23. The molecule has 0 saturated carbocycles. The molecule has 1 aromatic heterocycles. The van der Waals surface area contributed by atoms with E-state index in [0.717, 1.165) is 11.1 Å². The van der Waals surface area contributed by atoms with Crippen LogP contribution in [0.2, 0.25) is 0 Å². The van der Waals surface area contributed by atoms with E-state index in [1.165, 1.54) is 12.1 Å². The van der Waals surface area contributed by atoms with Crippen molar-refractivity contribution in [1.29, 1.82) is 0 Å². The standard InChI is InChI=1S/C24H24FN3O4S/c1-24(2)18(10-20(32-24)22-17-5-4-16(25)9-19(17)28-23(22)29)15-3-6-21(27-12-15)26-11-14-7-8-33(30,31)13-14/h3-6,9-10,12,14H,7-8,11,13H2,1-2H3,(H,26,27)(H,28,29)/b22-20+. The number of nitrogens with one attached hydrogen (secondary N) is 2. The molecular formula is C24H24FN3O4S. The van der Waals surface area contributed by atoms with Crippen molar-refractivity contribution in [2.75, 3.05) is 28.7 Å². The smallest absolute Gasteiger partial charge is 0.260 e. The first kappa shape index (κ1) is 21.6. The van der Waals surface area contributed by atoms with Gasteiger partial charge in [0.15, 0.2) is 9.84 Å². The average Bonchev–Trinajstić information content (AvgIpc) is 3.37. The zero-order valence-corrected chi connectivity index (χ0v) is 19.1. The number of carbonyl (C=O) groups excluding carboxylic acids is 1. The van der Waals surface area contributed by atoms with E-state index >= 15 is 0 Å². The summed E-state index contributed by atoms with van der Waals surface area (Å²) in [6.07, 6.45) is 4.24. The summed E-state index contributed by atoms with van der Waals surface area (Å²) in [4.78, 5) is 17.1. The van der Waals surface area contributed by atoms with E-state index in [-0.39, 0.29) is 23.3 Å². The number of allylic oxidation sites excluding steroid dienone is 1. The van der Waals surface area contributed by atoms with Gasteiger partial charge in [-0.2, -0.15) is 0 Å². The molecule has 172 valence electrons. The van der Waals surface area contributed by atoms with Gasteiger partial charge in [0.2, 0.25) is 0 Å². The van der Waals surface area contributed by atoms with Crippen molar-refractivity contribution in [2.24, 2.45) is 5.92 Å². The van der Waals surface area contributed by atoms with Crippen LogP contribution in [0.5, 0.6) is 0 Å². The molecule has 5 rings (SSSR count). The number of pyridine rings is 1. The molecule has 33 heavy (non-hydrogen) atoms. The van der Waals surface area contributed by atoms with Gasteiger partial charge in [0.25, 0.3) is 5.91 Å². The molecule has 1 fully saturated rings. The summed E-state index contributed by atoms with van der Waals surface area (Å²) in [6.45, 7) is 4.39. The number of ether oxygens (including phenoxy) is 1. The van der Waals surface area contributed by atoms with Gasteiger partial charge in [0.05, 0.1) is 22.8 Å². The lowest BCUT2D eigenvalue weighted by atomic mass is 9.93. The highest BCUT2D eigenvalue weighted by atomic mass is 32.2. The first-order chi connectivity index (χ1) is 15.6. The Hall–Kier alpha value is -3.20. The fourth-order valence-corrected chi connectivity index (χ4v) is 6.41. The predicted molar refractivity (Wildman–Crippen MR) is 125 cm³/mol. The number of rotatable bonds is 4. The molecule has 0 aliphatic carbocycles. The molecule has 0 bridgehead atoms. The van der Waals surface area contributed by atoms with E-state index in [4.69, 9.17) is 4.74 Å². The third-order valence-corrected chi connectivity index (χ3v) is 8.07. The third kappa shape index (κ3) is 4.13.